The maximum absolute atomic E-state index is 12.5. The van der Waals surface area contributed by atoms with Crippen LogP contribution < -0.4 is 14.8 Å². The molecule has 1 fully saturated rings. The second-order valence-electron chi connectivity index (χ2n) is 4.50. The Morgan fingerprint density at radius 1 is 1.21 bits per heavy atom. The van der Waals surface area contributed by atoms with Gasteiger partial charge in [0.1, 0.15) is 11.5 Å². The Bertz CT molecular complexity index is 439. The highest BCUT2D eigenvalue weighted by molar-refractivity contribution is 5.99. The van der Waals surface area contributed by atoms with Gasteiger partial charge in [-0.25, -0.2) is 0 Å². The summed E-state index contributed by atoms with van der Waals surface area (Å²) in [4.78, 5) is 12.5. The lowest BCUT2D eigenvalue weighted by Gasteiger charge is -2.16. The van der Waals surface area contributed by atoms with Crippen molar-refractivity contribution in [3.63, 3.8) is 0 Å². The zero-order chi connectivity index (χ0) is 13.8. The number of nitrogens with one attached hydrogen (secondary N) is 1. The molecule has 1 N–H and O–H groups in total. The first-order valence-corrected chi connectivity index (χ1v) is 6.22. The molecule has 0 aliphatic carbocycles. The van der Waals surface area contributed by atoms with Crippen molar-refractivity contribution >= 4 is 5.78 Å². The number of methoxy groups -OCH3 is 2. The van der Waals surface area contributed by atoms with E-state index >= 15 is 0 Å². The van der Waals surface area contributed by atoms with E-state index in [1.807, 2.05) is 7.05 Å². The molecule has 5 heteroatoms. The normalized spacial score (nSPS) is 22.3. The lowest BCUT2D eigenvalue weighted by Crippen LogP contribution is -2.37. The molecule has 0 bridgehead atoms. The van der Waals surface area contributed by atoms with E-state index in [2.05, 4.69) is 5.32 Å². The van der Waals surface area contributed by atoms with Crippen molar-refractivity contribution in [1.82, 2.24) is 5.32 Å². The Kier molecular flexibility index (Phi) is 4.39. The van der Waals surface area contributed by atoms with Crippen molar-refractivity contribution in [3.8, 4) is 11.5 Å². The first-order chi connectivity index (χ1) is 9.19. The molecule has 0 saturated carbocycles. The van der Waals surface area contributed by atoms with Crippen molar-refractivity contribution in [3.05, 3.63) is 23.8 Å². The van der Waals surface area contributed by atoms with Gasteiger partial charge < -0.3 is 19.5 Å². The van der Waals surface area contributed by atoms with E-state index in [0.29, 0.717) is 30.3 Å². The summed E-state index contributed by atoms with van der Waals surface area (Å²) in [5.41, 5.74) is 0.590. The van der Waals surface area contributed by atoms with E-state index in [9.17, 15) is 4.79 Å². The van der Waals surface area contributed by atoms with E-state index in [-0.39, 0.29) is 17.7 Å². The van der Waals surface area contributed by atoms with Crippen LogP contribution in [-0.2, 0) is 4.74 Å². The van der Waals surface area contributed by atoms with Gasteiger partial charge in [0.05, 0.1) is 33.4 Å². The fourth-order valence-corrected chi connectivity index (χ4v) is 2.26. The second kappa shape index (κ2) is 6.04. The maximum Gasteiger partial charge on any atom is 0.170 e. The highest BCUT2D eigenvalue weighted by Gasteiger charge is 2.33. The van der Waals surface area contributed by atoms with Crippen LogP contribution in [0.1, 0.15) is 10.4 Å². The van der Waals surface area contributed by atoms with Crippen molar-refractivity contribution in [2.24, 2.45) is 5.92 Å². The first-order valence-electron chi connectivity index (χ1n) is 6.22. The van der Waals surface area contributed by atoms with E-state index in [1.165, 1.54) is 0 Å². The van der Waals surface area contributed by atoms with Crippen molar-refractivity contribution in [2.45, 2.75) is 6.04 Å². The van der Waals surface area contributed by atoms with Gasteiger partial charge in [0, 0.05) is 17.7 Å². The van der Waals surface area contributed by atoms with Crippen LogP contribution in [0.2, 0.25) is 0 Å². The molecule has 104 valence electrons. The highest BCUT2D eigenvalue weighted by atomic mass is 16.5. The van der Waals surface area contributed by atoms with Gasteiger partial charge in [-0.15, -0.1) is 0 Å². The molecule has 5 nitrogen and oxygen atoms in total. The van der Waals surface area contributed by atoms with E-state index in [1.54, 1.807) is 32.4 Å². The monoisotopic (exact) mass is 265 g/mol. The van der Waals surface area contributed by atoms with Gasteiger partial charge in [-0.05, 0) is 19.2 Å². The number of ether oxygens (including phenoxy) is 3. The molecule has 1 aromatic rings. The molecular weight excluding hydrogens is 246 g/mol. The molecule has 0 amide bonds. The Morgan fingerprint density at radius 3 is 2.37 bits per heavy atom. The van der Waals surface area contributed by atoms with Crippen LogP contribution in [0.3, 0.4) is 0 Å². The molecular formula is C14H19NO4. The molecule has 2 unspecified atom stereocenters. The molecule has 1 aliphatic rings. The standard InChI is InChI=1S/C14H19NO4/c1-15-13-8-19-7-12(13)14(16)9-4-10(17-2)6-11(5-9)18-3/h4-6,12-13,15H,7-8H2,1-3H3. The van der Waals surface area contributed by atoms with E-state index in [4.69, 9.17) is 14.2 Å². The SMILES string of the molecule is CNC1COCC1C(=O)c1cc(OC)cc(OC)c1. The first kappa shape index (κ1) is 13.8. The third-order valence-corrected chi connectivity index (χ3v) is 3.42. The number of hydrogen-bond acceptors (Lipinski definition) is 5. The smallest absolute Gasteiger partial charge is 0.170 e. The number of carbonyl (C=O) groups excluding carboxylic acids is 1. The molecule has 19 heavy (non-hydrogen) atoms. The molecule has 0 aromatic heterocycles. The maximum atomic E-state index is 12.5. The average molecular weight is 265 g/mol. The average Bonchev–Trinajstić information content (AvgIpc) is 2.94. The summed E-state index contributed by atoms with van der Waals surface area (Å²) >= 11 is 0. The van der Waals surface area contributed by atoms with Crippen molar-refractivity contribution in [2.75, 3.05) is 34.5 Å². The molecule has 1 saturated heterocycles. The van der Waals surface area contributed by atoms with E-state index < -0.39 is 0 Å². The van der Waals surface area contributed by atoms with Crippen LogP contribution >= 0.6 is 0 Å². The molecule has 0 radical (unpaired) electrons. The van der Waals surface area contributed by atoms with Crippen LogP contribution in [0, 0.1) is 5.92 Å². The quantitative estimate of drug-likeness (QED) is 0.809. The van der Waals surface area contributed by atoms with Crippen LogP contribution in [0.25, 0.3) is 0 Å². The Balaban J connectivity index is 2.27. The zero-order valence-electron chi connectivity index (χ0n) is 11.4. The van der Waals surface area contributed by atoms with Gasteiger partial charge in [-0.3, -0.25) is 4.79 Å². The predicted molar refractivity (Wildman–Crippen MR) is 71.0 cm³/mol. The van der Waals surface area contributed by atoms with Gasteiger partial charge >= 0.3 is 0 Å². The molecule has 1 heterocycles. The van der Waals surface area contributed by atoms with Gasteiger partial charge in [-0.1, -0.05) is 0 Å². The third-order valence-electron chi connectivity index (χ3n) is 3.42. The second-order valence-corrected chi connectivity index (χ2v) is 4.50. The number of rotatable bonds is 5. The predicted octanol–water partition coefficient (Wildman–Crippen LogP) is 1.12. The van der Waals surface area contributed by atoms with Crippen molar-refractivity contribution < 1.29 is 19.0 Å². The number of benzene rings is 1. The Morgan fingerprint density at radius 2 is 1.84 bits per heavy atom. The third kappa shape index (κ3) is 2.88. The number of carbonyl (C=O) groups is 1. The Hall–Kier alpha value is -1.59. The fraction of sp³-hybridized carbons (Fsp3) is 0.500. The zero-order valence-corrected chi connectivity index (χ0v) is 11.4. The molecule has 2 rings (SSSR count). The fourth-order valence-electron chi connectivity index (χ4n) is 2.26. The number of hydrogen-bond donors (Lipinski definition) is 1. The largest absolute Gasteiger partial charge is 0.497 e. The van der Waals surface area contributed by atoms with Gasteiger partial charge in [0.25, 0.3) is 0 Å². The Labute approximate surface area is 112 Å². The molecule has 2 atom stereocenters. The van der Waals surface area contributed by atoms with Crippen LogP contribution in [0.4, 0.5) is 0 Å². The topological polar surface area (TPSA) is 56.8 Å². The molecule has 1 aromatic carbocycles. The molecule has 1 aliphatic heterocycles. The highest BCUT2D eigenvalue weighted by Crippen LogP contribution is 2.26. The summed E-state index contributed by atoms with van der Waals surface area (Å²) < 4.78 is 15.7. The summed E-state index contributed by atoms with van der Waals surface area (Å²) in [6.45, 7) is 1.01. The van der Waals surface area contributed by atoms with Crippen LogP contribution in [0.5, 0.6) is 11.5 Å². The van der Waals surface area contributed by atoms with Gasteiger partial charge in [-0.2, -0.15) is 0 Å². The number of Topliss-reactive ketones (excluding diaryl/α,β-unsaturated/α-hetero) is 1. The van der Waals surface area contributed by atoms with Gasteiger partial charge in [0.2, 0.25) is 0 Å². The summed E-state index contributed by atoms with van der Waals surface area (Å²) in [6, 6.07) is 5.27. The lowest BCUT2D eigenvalue weighted by molar-refractivity contribution is 0.0891. The van der Waals surface area contributed by atoms with Crippen LogP contribution in [-0.4, -0.2) is 46.3 Å². The minimum atomic E-state index is -0.165. The summed E-state index contributed by atoms with van der Waals surface area (Å²) in [6.07, 6.45) is 0. The molecule has 0 spiro atoms. The summed E-state index contributed by atoms with van der Waals surface area (Å²) in [7, 11) is 4.97. The summed E-state index contributed by atoms with van der Waals surface area (Å²) in [5, 5.41) is 3.11. The van der Waals surface area contributed by atoms with Crippen molar-refractivity contribution in [1.29, 1.82) is 0 Å². The summed E-state index contributed by atoms with van der Waals surface area (Å²) in [5.74, 6) is 1.11. The lowest BCUT2D eigenvalue weighted by atomic mass is 9.93. The van der Waals surface area contributed by atoms with Gasteiger partial charge in [0.15, 0.2) is 5.78 Å². The number of ketones is 1. The minimum absolute atomic E-state index is 0.0500. The minimum Gasteiger partial charge on any atom is -0.497 e. The number of likely N-dealkylation sites (N-methyl/N-ethyl adjacent to an activating group) is 1. The van der Waals surface area contributed by atoms with E-state index in [0.717, 1.165) is 0 Å². The van der Waals surface area contributed by atoms with Crippen LogP contribution in [0.15, 0.2) is 18.2 Å².